The fourth-order valence-electron chi connectivity index (χ4n) is 3.91. The molecule has 0 atom stereocenters. The van der Waals surface area contributed by atoms with Crippen molar-refractivity contribution >= 4 is 34.8 Å². The number of methoxy groups -OCH3 is 2. The fourth-order valence-corrected chi connectivity index (χ4v) is 4.04. The number of rotatable bonds is 6. The molecule has 0 aliphatic carbocycles. The van der Waals surface area contributed by atoms with E-state index in [2.05, 4.69) is 10.2 Å². The van der Waals surface area contributed by atoms with Gasteiger partial charge in [-0.3, -0.25) is 9.59 Å². The van der Waals surface area contributed by atoms with E-state index in [0.29, 0.717) is 59.5 Å². The van der Waals surface area contributed by atoms with Crippen LogP contribution in [0.15, 0.2) is 66.7 Å². The molecular weight excluding hydrogens is 454 g/mol. The van der Waals surface area contributed by atoms with Gasteiger partial charge < -0.3 is 24.6 Å². The molecule has 1 aliphatic rings. The lowest BCUT2D eigenvalue weighted by Gasteiger charge is -2.37. The van der Waals surface area contributed by atoms with Crippen molar-refractivity contribution in [2.75, 3.05) is 50.6 Å². The average Bonchev–Trinajstić information content (AvgIpc) is 2.88. The van der Waals surface area contributed by atoms with E-state index in [-0.39, 0.29) is 11.8 Å². The van der Waals surface area contributed by atoms with Gasteiger partial charge in [-0.05, 0) is 48.5 Å². The first-order valence-electron chi connectivity index (χ1n) is 10.9. The molecule has 0 aromatic heterocycles. The zero-order valence-electron chi connectivity index (χ0n) is 19.1. The highest BCUT2D eigenvalue weighted by Crippen LogP contribution is 2.29. The summed E-state index contributed by atoms with van der Waals surface area (Å²) in [6, 6.07) is 19.7. The van der Waals surface area contributed by atoms with Crippen molar-refractivity contribution in [3.8, 4) is 11.5 Å². The van der Waals surface area contributed by atoms with Crippen LogP contribution in [-0.4, -0.2) is 57.1 Å². The molecule has 3 aromatic carbocycles. The SMILES string of the molecule is COc1cc(OC)cc(C(=O)Nc2ccccc2N2CCN(C(=O)c3ccc(Cl)cc3)CC2)c1. The lowest BCUT2D eigenvalue weighted by Crippen LogP contribution is -2.49. The number of carbonyl (C=O) groups excluding carboxylic acids is 2. The standard InChI is InChI=1S/C26H26ClN3O4/c1-33-21-15-19(16-22(17-21)34-2)25(31)28-23-5-3-4-6-24(23)29-11-13-30(14-12-29)26(32)18-7-9-20(27)10-8-18/h3-10,15-17H,11-14H2,1-2H3,(H,28,31). The quantitative estimate of drug-likeness (QED) is 0.560. The molecule has 1 fully saturated rings. The Morgan fingerprint density at radius 2 is 1.44 bits per heavy atom. The second-order valence-corrected chi connectivity index (χ2v) is 8.30. The van der Waals surface area contributed by atoms with Crippen LogP contribution in [0.1, 0.15) is 20.7 Å². The number of hydrogen-bond donors (Lipinski definition) is 1. The van der Waals surface area contributed by atoms with Gasteiger partial charge in [-0.2, -0.15) is 0 Å². The largest absolute Gasteiger partial charge is 0.497 e. The Balaban J connectivity index is 1.45. The minimum Gasteiger partial charge on any atom is -0.497 e. The predicted octanol–water partition coefficient (Wildman–Crippen LogP) is 4.57. The van der Waals surface area contributed by atoms with Crippen LogP contribution in [0.5, 0.6) is 11.5 Å². The maximum atomic E-state index is 13.0. The van der Waals surface area contributed by atoms with Gasteiger partial charge in [0.25, 0.3) is 11.8 Å². The summed E-state index contributed by atoms with van der Waals surface area (Å²) in [5, 5.41) is 3.61. The Morgan fingerprint density at radius 3 is 2.06 bits per heavy atom. The third-order valence-electron chi connectivity index (χ3n) is 5.76. The normalized spacial score (nSPS) is 13.4. The Labute approximate surface area is 203 Å². The van der Waals surface area contributed by atoms with E-state index in [1.54, 1.807) is 56.7 Å². The topological polar surface area (TPSA) is 71.1 Å². The third-order valence-corrected chi connectivity index (χ3v) is 6.02. The van der Waals surface area contributed by atoms with E-state index >= 15 is 0 Å². The van der Waals surface area contributed by atoms with Crippen molar-refractivity contribution in [2.45, 2.75) is 0 Å². The van der Waals surface area contributed by atoms with E-state index in [0.717, 1.165) is 5.69 Å². The molecule has 0 saturated carbocycles. The second kappa shape index (κ2) is 10.5. The number of halogens is 1. The Kier molecular flexibility index (Phi) is 7.23. The highest BCUT2D eigenvalue weighted by Gasteiger charge is 2.24. The Hall–Kier alpha value is -3.71. The molecule has 176 valence electrons. The number of nitrogens with zero attached hydrogens (tertiary/aromatic N) is 2. The Morgan fingerprint density at radius 1 is 0.824 bits per heavy atom. The van der Waals surface area contributed by atoms with Crippen LogP contribution in [0.2, 0.25) is 5.02 Å². The maximum absolute atomic E-state index is 13.0. The van der Waals surface area contributed by atoms with E-state index in [1.807, 2.05) is 29.2 Å². The molecular formula is C26H26ClN3O4. The van der Waals surface area contributed by atoms with Gasteiger partial charge in [-0.25, -0.2) is 0 Å². The van der Waals surface area contributed by atoms with E-state index in [4.69, 9.17) is 21.1 Å². The lowest BCUT2D eigenvalue weighted by molar-refractivity contribution is 0.0746. The Bertz CT molecular complexity index is 1150. The summed E-state index contributed by atoms with van der Waals surface area (Å²) in [6.07, 6.45) is 0. The van der Waals surface area contributed by atoms with Crippen LogP contribution >= 0.6 is 11.6 Å². The van der Waals surface area contributed by atoms with Crippen molar-refractivity contribution in [3.63, 3.8) is 0 Å². The summed E-state index contributed by atoms with van der Waals surface area (Å²) >= 11 is 5.94. The molecule has 1 heterocycles. The summed E-state index contributed by atoms with van der Waals surface area (Å²) < 4.78 is 10.6. The second-order valence-electron chi connectivity index (χ2n) is 7.86. The molecule has 1 N–H and O–H groups in total. The van der Waals surface area contributed by atoms with Crippen LogP contribution < -0.4 is 19.7 Å². The van der Waals surface area contributed by atoms with Crippen LogP contribution in [0, 0.1) is 0 Å². The smallest absolute Gasteiger partial charge is 0.255 e. The van der Waals surface area contributed by atoms with Gasteiger partial charge in [0, 0.05) is 48.4 Å². The monoisotopic (exact) mass is 479 g/mol. The van der Waals surface area contributed by atoms with E-state index < -0.39 is 0 Å². The van der Waals surface area contributed by atoms with Crippen LogP contribution in [0.4, 0.5) is 11.4 Å². The molecule has 34 heavy (non-hydrogen) atoms. The molecule has 8 heteroatoms. The van der Waals surface area contributed by atoms with Crippen LogP contribution in [-0.2, 0) is 0 Å². The zero-order valence-corrected chi connectivity index (χ0v) is 19.8. The minimum absolute atomic E-state index is 0.00937. The number of benzene rings is 3. The summed E-state index contributed by atoms with van der Waals surface area (Å²) in [7, 11) is 3.09. The van der Waals surface area contributed by atoms with Crippen molar-refractivity contribution in [3.05, 3.63) is 82.9 Å². The fraction of sp³-hybridized carbons (Fsp3) is 0.231. The van der Waals surface area contributed by atoms with Crippen molar-refractivity contribution in [2.24, 2.45) is 0 Å². The molecule has 2 amide bonds. The van der Waals surface area contributed by atoms with Gasteiger partial charge in [0.2, 0.25) is 0 Å². The molecule has 0 radical (unpaired) electrons. The number of ether oxygens (including phenoxy) is 2. The zero-order chi connectivity index (χ0) is 24.1. The van der Waals surface area contributed by atoms with Crippen molar-refractivity contribution in [1.82, 2.24) is 4.90 Å². The van der Waals surface area contributed by atoms with Gasteiger partial charge in [0.1, 0.15) is 11.5 Å². The number of nitrogens with one attached hydrogen (secondary N) is 1. The molecule has 1 aliphatic heterocycles. The summed E-state index contributed by atoms with van der Waals surface area (Å²) in [5.41, 5.74) is 2.67. The number of amides is 2. The molecule has 0 spiro atoms. The van der Waals surface area contributed by atoms with Crippen molar-refractivity contribution in [1.29, 1.82) is 0 Å². The van der Waals surface area contributed by atoms with Gasteiger partial charge in [0.05, 0.1) is 25.6 Å². The lowest BCUT2D eigenvalue weighted by atomic mass is 10.1. The third kappa shape index (κ3) is 5.26. The molecule has 4 rings (SSSR count). The van der Waals surface area contributed by atoms with Crippen LogP contribution in [0.25, 0.3) is 0 Å². The van der Waals surface area contributed by atoms with E-state index in [1.165, 1.54) is 0 Å². The minimum atomic E-state index is -0.263. The van der Waals surface area contributed by atoms with E-state index in [9.17, 15) is 9.59 Å². The highest BCUT2D eigenvalue weighted by molar-refractivity contribution is 6.30. The first kappa shape index (κ1) is 23.4. The predicted molar refractivity (Wildman–Crippen MR) is 134 cm³/mol. The summed E-state index contributed by atoms with van der Waals surface area (Å²) in [6.45, 7) is 2.46. The summed E-state index contributed by atoms with van der Waals surface area (Å²) in [5.74, 6) is 0.810. The number of piperazine rings is 1. The summed E-state index contributed by atoms with van der Waals surface area (Å²) in [4.78, 5) is 29.8. The maximum Gasteiger partial charge on any atom is 0.255 e. The number of para-hydroxylation sites is 2. The van der Waals surface area contributed by atoms with Gasteiger partial charge in [-0.1, -0.05) is 23.7 Å². The highest BCUT2D eigenvalue weighted by atomic mass is 35.5. The van der Waals surface area contributed by atoms with Gasteiger partial charge in [0.15, 0.2) is 0 Å². The van der Waals surface area contributed by atoms with Gasteiger partial charge >= 0.3 is 0 Å². The number of hydrogen-bond acceptors (Lipinski definition) is 5. The molecule has 0 bridgehead atoms. The molecule has 0 unspecified atom stereocenters. The van der Waals surface area contributed by atoms with Crippen LogP contribution in [0.3, 0.4) is 0 Å². The van der Waals surface area contributed by atoms with Gasteiger partial charge in [-0.15, -0.1) is 0 Å². The average molecular weight is 480 g/mol. The molecule has 7 nitrogen and oxygen atoms in total. The first-order chi connectivity index (χ1) is 16.5. The molecule has 3 aromatic rings. The molecule has 1 saturated heterocycles. The number of anilines is 2. The number of carbonyl (C=O) groups is 2. The van der Waals surface area contributed by atoms with Crippen molar-refractivity contribution < 1.29 is 19.1 Å². The first-order valence-corrected chi connectivity index (χ1v) is 11.3.